The maximum atomic E-state index is 10.7. The number of hydrogen-bond acceptors (Lipinski definition) is 3. The molecule has 1 N–H and O–H groups in total. The topological polar surface area (TPSA) is 69.7 Å². The molecule has 0 saturated heterocycles. The maximum absolute atomic E-state index is 10.7. The maximum Gasteiger partial charge on any atom is 0.264 e. The van der Waals surface area contributed by atoms with Crippen LogP contribution < -0.4 is 0 Å². The van der Waals surface area contributed by atoms with Crippen LogP contribution in [-0.4, -0.2) is 41.9 Å². The lowest BCUT2D eigenvalue weighted by atomic mass is 10.0. The Morgan fingerprint density at radius 1 is 1.29 bits per heavy atom. The number of nitrogens with zero attached hydrogens (tertiary/aromatic N) is 2. The van der Waals surface area contributed by atoms with Crippen LogP contribution in [0.5, 0.6) is 0 Å². The molecular formula is C15H21N2O3S+. The van der Waals surface area contributed by atoms with Crippen LogP contribution in [0.1, 0.15) is 38.2 Å². The lowest BCUT2D eigenvalue weighted by Crippen LogP contribution is -2.08. The van der Waals surface area contributed by atoms with Crippen molar-refractivity contribution in [1.29, 1.82) is 0 Å². The highest BCUT2D eigenvalue weighted by Gasteiger charge is 2.17. The molecule has 114 valence electrons. The minimum atomic E-state index is -3.88. The molecule has 0 unspecified atom stereocenters. The highest BCUT2D eigenvalue weighted by atomic mass is 32.2. The van der Waals surface area contributed by atoms with Crippen LogP contribution in [0.15, 0.2) is 29.3 Å². The van der Waals surface area contributed by atoms with Gasteiger partial charge in [-0.2, -0.15) is 13.0 Å². The largest absolute Gasteiger partial charge is 0.286 e. The van der Waals surface area contributed by atoms with Crippen molar-refractivity contribution in [2.45, 2.75) is 32.6 Å². The van der Waals surface area contributed by atoms with Crippen molar-refractivity contribution in [1.82, 2.24) is 0 Å². The van der Waals surface area contributed by atoms with Crippen LogP contribution in [0.25, 0.3) is 0 Å². The molecule has 2 rings (SSSR count). The molecular weight excluding hydrogens is 288 g/mol. The van der Waals surface area contributed by atoms with Gasteiger partial charge in [-0.25, -0.2) is 4.99 Å². The first-order valence-corrected chi connectivity index (χ1v) is 8.66. The van der Waals surface area contributed by atoms with Crippen LogP contribution in [-0.2, 0) is 10.1 Å². The Kier molecular flexibility index (Phi) is 4.90. The zero-order valence-electron chi connectivity index (χ0n) is 12.4. The zero-order valence-corrected chi connectivity index (χ0v) is 13.2. The minimum Gasteiger partial charge on any atom is -0.286 e. The molecule has 1 aliphatic rings. The third-order valence-corrected chi connectivity index (χ3v) is 4.26. The van der Waals surface area contributed by atoms with E-state index >= 15 is 0 Å². The number of hydrogen-bond donors (Lipinski definition) is 1. The van der Waals surface area contributed by atoms with E-state index in [-0.39, 0.29) is 5.75 Å². The SMILES string of the molecule is CC(C)c1ccc([N+]2=CC(CCCS(=O)(=O)O)=NC2)cc1. The molecule has 0 amide bonds. The Hall–Kier alpha value is -1.53. The molecule has 0 bridgehead atoms. The van der Waals surface area contributed by atoms with Crippen molar-refractivity contribution >= 4 is 27.7 Å². The Balaban J connectivity index is 1.96. The van der Waals surface area contributed by atoms with Gasteiger partial charge in [0, 0.05) is 12.1 Å². The summed E-state index contributed by atoms with van der Waals surface area (Å²) in [6.07, 6.45) is 2.88. The molecule has 1 aromatic rings. The fraction of sp³-hybridized carbons (Fsp3) is 0.467. The van der Waals surface area contributed by atoms with Crippen LogP contribution in [0.2, 0.25) is 0 Å². The summed E-state index contributed by atoms with van der Waals surface area (Å²) in [6, 6.07) is 8.37. The molecule has 6 heteroatoms. The van der Waals surface area contributed by atoms with Crippen LogP contribution in [0.3, 0.4) is 0 Å². The number of aliphatic imine (C=N–C) groups is 1. The standard InChI is InChI=1S/C15H20N2O3S/c1-12(2)13-5-7-15(8-6-13)17-10-14(16-11-17)4-3-9-21(18,19)20/h5-8,10,12H,3-4,9,11H2,1-2H3/p+1. The Bertz CT molecular complexity index is 659. The molecule has 0 fully saturated rings. The Morgan fingerprint density at radius 3 is 2.52 bits per heavy atom. The molecule has 0 spiro atoms. The predicted octanol–water partition coefficient (Wildman–Crippen LogP) is 2.60. The van der Waals surface area contributed by atoms with Crippen molar-refractivity contribution in [2.24, 2.45) is 4.99 Å². The lowest BCUT2D eigenvalue weighted by Gasteiger charge is -2.04. The first-order valence-electron chi connectivity index (χ1n) is 7.05. The summed E-state index contributed by atoms with van der Waals surface area (Å²) in [6.45, 7) is 4.88. The summed E-state index contributed by atoms with van der Waals surface area (Å²) >= 11 is 0. The molecule has 0 atom stereocenters. The van der Waals surface area contributed by atoms with Crippen LogP contribution >= 0.6 is 0 Å². The first kappa shape index (κ1) is 15.9. The summed E-state index contributed by atoms with van der Waals surface area (Å²) in [5, 5.41) is 0. The highest BCUT2D eigenvalue weighted by molar-refractivity contribution is 7.85. The third kappa shape index (κ3) is 4.75. The fourth-order valence-corrected chi connectivity index (χ4v) is 2.72. The smallest absolute Gasteiger partial charge is 0.264 e. The number of benzene rings is 1. The predicted molar refractivity (Wildman–Crippen MR) is 84.5 cm³/mol. The molecule has 1 aromatic carbocycles. The Morgan fingerprint density at radius 2 is 1.95 bits per heavy atom. The van der Waals surface area contributed by atoms with Gasteiger partial charge in [0.15, 0.2) is 6.21 Å². The van der Waals surface area contributed by atoms with Gasteiger partial charge in [-0.1, -0.05) is 26.0 Å². The summed E-state index contributed by atoms with van der Waals surface area (Å²) in [5.41, 5.74) is 3.24. The van der Waals surface area contributed by atoms with E-state index in [9.17, 15) is 8.42 Å². The Labute approximate surface area is 125 Å². The van der Waals surface area contributed by atoms with Gasteiger partial charge in [0.05, 0.1) is 5.75 Å². The van der Waals surface area contributed by atoms with Crippen molar-refractivity contribution in [3.05, 3.63) is 29.8 Å². The second-order valence-corrected chi connectivity index (χ2v) is 7.10. The van der Waals surface area contributed by atoms with E-state index in [1.54, 1.807) is 0 Å². The molecule has 0 saturated carbocycles. The van der Waals surface area contributed by atoms with E-state index in [2.05, 4.69) is 43.1 Å². The molecule has 0 radical (unpaired) electrons. The normalized spacial score (nSPS) is 15.2. The first-order chi connectivity index (χ1) is 9.85. The summed E-state index contributed by atoms with van der Waals surface area (Å²) in [4.78, 5) is 4.38. The van der Waals surface area contributed by atoms with Gasteiger partial charge < -0.3 is 0 Å². The van der Waals surface area contributed by atoms with E-state index in [0.717, 1.165) is 11.4 Å². The van der Waals surface area contributed by atoms with Crippen LogP contribution in [0, 0.1) is 0 Å². The third-order valence-electron chi connectivity index (χ3n) is 3.46. The van der Waals surface area contributed by atoms with Crippen molar-refractivity contribution in [2.75, 3.05) is 12.4 Å². The average Bonchev–Trinajstić information content (AvgIpc) is 2.86. The van der Waals surface area contributed by atoms with E-state index in [4.69, 9.17) is 4.55 Å². The highest BCUT2D eigenvalue weighted by Crippen LogP contribution is 2.19. The van der Waals surface area contributed by atoms with Gasteiger partial charge in [-0.3, -0.25) is 4.55 Å². The average molecular weight is 309 g/mol. The summed E-state index contributed by atoms with van der Waals surface area (Å²) in [7, 11) is -3.88. The van der Waals surface area contributed by atoms with E-state index in [1.165, 1.54) is 5.56 Å². The number of rotatable bonds is 6. The second kappa shape index (κ2) is 6.49. The van der Waals surface area contributed by atoms with E-state index in [0.29, 0.717) is 25.4 Å². The molecule has 1 aliphatic heterocycles. The lowest BCUT2D eigenvalue weighted by molar-refractivity contribution is -0.427. The zero-order chi connectivity index (χ0) is 15.5. The van der Waals surface area contributed by atoms with Gasteiger partial charge in [0.25, 0.3) is 10.1 Å². The quantitative estimate of drug-likeness (QED) is 0.648. The minimum absolute atomic E-state index is 0.219. The fourth-order valence-electron chi connectivity index (χ4n) is 2.21. The van der Waals surface area contributed by atoms with E-state index < -0.39 is 10.1 Å². The van der Waals surface area contributed by atoms with Gasteiger partial charge >= 0.3 is 0 Å². The van der Waals surface area contributed by atoms with Crippen LogP contribution in [0.4, 0.5) is 5.69 Å². The van der Waals surface area contributed by atoms with Gasteiger partial charge in [0.2, 0.25) is 12.4 Å². The molecule has 21 heavy (non-hydrogen) atoms. The summed E-state index contributed by atoms with van der Waals surface area (Å²) < 4.78 is 32.1. The van der Waals surface area contributed by atoms with Crippen molar-refractivity contribution in [3.8, 4) is 0 Å². The van der Waals surface area contributed by atoms with Gasteiger partial charge in [0.1, 0.15) is 5.71 Å². The van der Waals surface area contributed by atoms with Gasteiger partial charge in [-0.05, 0) is 24.3 Å². The van der Waals surface area contributed by atoms with Crippen molar-refractivity contribution in [3.63, 3.8) is 0 Å². The molecule has 0 aliphatic carbocycles. The molecule has 5 nitrogen and oxygen atoms in total. The molecule has 0 aromatic heterocycles. The monoisotopic (exact) mass is 309 g/mol. The van der Waals surface area contributed by atoms with Gasteiger partial charge in [-0.15, -0.1) is 0 Å². The molecule has 1 heterocycles. The summed E-state index contributed by atoms with van der Waals surface area (Å²) in [5.74, 6) is 0.289. The second-order valence-electron chi connectivity index (χ2n) is 5.53. The van der Waals surface area contributed by atoms with Crippen molar-refractivity contribution < 1.29 is 17.5 Å². The van der Waals surface area contributed by atoms with E-state index in [1.807, 2.05) is 10.8 Å².